The number of hydrogen-bond donors (Lipinski definition) is 2. The average Bonchev–Trinajstić information content (AvgIpc) is 2.23. The Balaban J connectivity index is 3.27. The van der Waals surface area contributed by atoms with Gasteiger partial charge in [-0.1, -0.05) is 6.07 Å². The van der Waals surface area contributed by atoms with E-state index in [0.717, 1.165) is 4.57 Å². The van der Waals surface area contributed by atoms with Crippen LogP contribution in [0.25, 0.3) is 10.9 Å². The van der Waals surface area contributed by atoms with E-state index >= 15 is 0 Å². The summed E-state index contributed by atoms with van der Waals surface area (Å²) in [6.45, 7) is 1.47. The molecule has 0 aliphatic rings. The van der Waals surface area contributed by atoms with Crippen LogP contribution in [0.2, 0.25) is 0 Å². The lowest BCUT2D eigenvalue weighted by Gasteiger charge is -2.10. The molecule has 0 aliphatic heterocycles. The predicted molar refractivity (Wildman–Crippen MR) is 64.4 cm³/mol. The van der Waals surface area contributed by atoms with Gasteiger partial charge in [-0.3, -0.25) is 18.9 Å². The van der Waals surface area contributed by atoms with E-state index in [-0.39, 0.29) is 16.5 Å². The Morgan fingerprint density at radius 2 is 1.89 bits per heavy atom. The predicted octanol–water partition coefficient (Wildman–Crippen LogP) is -0.218. The molecule has 0 spiro atoms. The summed E-state index contributed by atoms with van der Waals surface area (Å²) in [4.78, 5) is 24.7. The van der Waals surface area contributed by atoms with Crippen LogP contribution in [0.4, 0.5) is 0 Å². The van der Waals surface area contributed by atoms with Crippen LogP contribution in [0.1, 0.15) is 5.56 Å². The number of benzene rings is 1. The van der Waals surface area contributed by atoms with E-state index in [1.54, 1.807) is 0 Å². The summed E-state index contributed by atoms with van der Waals surface area (Å²) in [5.41, 5.74) is -1.29. The number of hydrogen-bond acceptors (Lipinski definition) is 4. The van der Waals surface area contributed by atoms with Crippen molar-refractivity contribution in [1.29, 1.82) is 0 Å². The van der Waals surface area contributed by atoms with Crippen molar-refractivity contribution >= 4 is 21.0 Å². The van der Waals surface area contributed by atoms with Crippen LogP contribution >= 0.6 is 0 Å². The first-order chi connectivity index (χ1) is 8.23. The highest BCUT2D eigenvalue weighted by Crippen LogP contribution is 2.22. The SMILES string of the molecule is Cc1ccc2c(=O)[nH]c(=O)n(C)c2c1S(=O)(=O)O. The number of nitrogens with zero attached hydrogens (tertiary/aromatic N) is 1. The number of aromatic nitrogens is 2. The van der Waals surface area contributed by atoms with Gasteiger partial charge in [-0.05, 0) is 18.6 Å². The summed E-state index contributed by atoms with van der Waals surface area (Å²) >= 11 is 0. The number of H-pyrrole nitrogens is 1. The van der Waals surface area contributed by atoms with Gasteiger partial charge in [-0.15, -0.1) is 0 Å². The largest absolute Gasteiger partial charge is 0.328 e. The summed E-state index contributed by atoms with van der Waals surface area (Å²) in [5, 5.41) is 0.0234. The van der Waals surface area contributed by atoms with Gasteiger partial charge >= 0.3 is 5.69 Å². The molecule has 18 heavy (non-hydrogen) atoms. The maximum atomic E-state index is 11.6. The van der Waals surface area contributed by atoms with Crippen LogP contribution in [0.5, 0.6) is 0 Å². The van der Waals surface area contributed by atoms with Crippen molar-refractivity contribution in [2.45, 2.75) is 11.8 Å². The Bertz CT molecular complexity index is 860. The van der Waals surface area contributed by atoms with Crippen molar-refractivity contribution in [2.24, 2.45) is 7.05 Å². The molecule has 1 heterocycles. The molecule has 96 valence electrons. The topological polar surface area (TPSA) is 109 Å². The van der Waals surface area contributed by atoms with E-state index in [4.69, 9.17) is 0 Å². The monoisotopic (exact) mass is 270 g/mol. The molecule has 0 atom stereocenters. The maximum absolute atomic E-state index is 11.6. The van der Waals surface area contributed by atoms with Gasteiger partial charge in [0.25, 0.3) is 15.7 Å². The van der Waals surface area contributed by atoms with Gasteiger partial charge in [0.05, 0.1) is 10.9 Å². The Labute approximate surface area is 101 Å². The number of nitrogens with one attached hydrogen (secondary N) is 1. The van der Waals surface area contributed by atoms with E-state index in [1.165, 1.54) is 26.1 Å². The molecule has 2 aromatic rings. The highest BCUT2D eigenvalue weighted by molar-refractivity contribution is 7.86. The molecule has 0 fully saturated rings. The molecule has 0 bridgehead atoms. The average molecular weight is 270 g/mol. The fourth-order valence-electron chi connectivity index (χ4n) is 1.86. The molecule has 0 amide bonds. The Morgan fingerprint density at radius 1 is 1.28 bits per heavy atom. The van der Waals surface area contributed by atoms with Crippen molar-refractivity contribution in [2.75, 3.05) is 0 Å². The quantitative estimate of drug-likeness (QED) is 0.696. The van der Waals surface area contributed by atoms with Crippen molar-refractivity contribution in [3.8, 4) is 0 Å². The van der Waals surface area contributed by atoms with E-state index in [9.17, 15) is 22.6 Å². The molecule has 8 heteroatoms. The van der Waals surface area contributed by atoms with E-state index in [1.807, 2.05) is 0 Å². The van der Waals surface area contributed by atoms with Crippen molar-refractivity contribution in [3.63, 3.8) is 0 Å². The highest BCUT2D eigenvalue weighted by atomic mass is 32.2. The van der Waals surface area contributed by atoms with Gasteiger partial charge in [0, 0.05) is 7.05 Å². The number of aryl methyl sites for hydroxylation is 2. The summed E-state index contributed by atoms with van der Waals surface area (Å²) < 4.78 is 32.9. The number of fused-ring (bicyclic) bond motifs is 1. The molecule has 2 N–H and O–H groups in total. The molecule has 0 radical (unpaired) electrons. The third-order valence-corrected chi connectivity index (χ3v) is 3.72. The lowest BCUT2D eigenvalue weighted by Crippen LogP contribution is -2.29. The normalized spacial score (nSPS) is 11.9. The van der Waals surface area contributed by atoms with Crippen LogP contribution in [0.3, 0.4) is 0 Å². The second-order valence-corrected chi connectivity index (χ2v) is 5.26. The van der Waals surface area contributed by atoms with Gasteiger partial charge in [-0.2, -0.15) is 8.42 Å². The highest BCUT2D eigenvalue weighted by Gasteiger charge is 2.20. The smallest absolute Gasteiger partial charge is 0.295 e. The van der Waals surface area contributed by atoms with Crippen LogP contribution in [0.15, 0.2) is 26.6 Å². The molecule has 2 rings (SSSR count). The molecule has 1 aromatic heterocycles. The Morgan fingerprint density at radius 3 is 2.44 bits per heavy atom. The number of rotatable bonds is 1. The zero-order valence-corrected chi connectivity index (χ0v) is 10.4. The standard InChI is InChI=1S/C10H10N2O5S/c1-5-3-4-6-7(8(5)18(15,16)17)12(2)10(14)11-9(6)13/h3-4H,1-2H3,(H,11,13,14)(H,15,16,17). The molecule has 0 saturated heterocycles. The number of aromatic amines is 1. The van der Waals surface area contributed by atoms with Gasteiger partial charge < -0.3 is 0 Å². The third kappa shape index (κ3) is 1.75. The molecule has 0 aliphatic carbocycles. The van der Waals surface area contributed by atoms with E-state index in [0.29, 0.717) is 0 Å². The molecule has 0 saturated carbocycles. The van der Waals surface area contributed by atoms with Crippen LogP contribution in [0, 0.1) is 6.92 Å². The van der Waals surface area contributed by atoms with Gasteiger partial charge in [0.15, 0.2) is 0 Å². The molecule has 0 unspecified atom stereocenters. The van der Waals surface area contributed by atoms with Gasteiger partial charge in [0.2, 0.25) is 0 Å². The minimum Gasteiger partial charge on any atom is -0.295 e. The first-order valence-electron chi connectivity index (χ1n) is 4.93. The summed E-state index contributed by atoms with van der Waals surface area (Å²) in [6.07, 6.45) is 0. The summed E-state index contributed by atoms with van der Waals surface area (Å²) in [6, 6.07) is 2.79. The molecular weight excluding hydrogens is 260 g/mol. The zero-order chi connectivity index (χ0) is 13.7. The summed E-state index contributed by atoms with van der Waals surface area (Å²) in [5.74, 6) is 0. The molecule has 7 nitrogen and oxygen atoms in total. The van der Waals surface area contributed by atoms with Crippen molar-refractivity contribution < 1.29 is 13.0 Å². The van der Waals surface area contributed by atoms with Gasteiger partial charge in [0.1, 0.15) is 4.90 Å². The zero-order valence-electron chi connectivity index (χ0n) is 9.59. The van der Waals surface area contributed by atoms with Crippen molar-refractivity contribution in [3.05, 3.63) is 38.5 Å². The molecule has 1 aromatic carbocycles. The Kier molecular flexibility index (Phi) is 2.63. The van der Waals surface area contributed by atoms with E-state index in [2.05, 4.69) is 4.98 Å². The van der Waals surface area contributed by atoms with E-state index < -0.39 is 26.3 Å². The van der Waals surface area contributed by atoms with Crippen LogP contribution in [-0.4, -0.2) is 22.5 Å². The maximum Gasteiger partial charge on any atom is 0.328 e. The second-order valence-electron chi connectivity index (χ2n) is 3.90. The fraction of sp³-hybridized carbons (Fsp3) is 0.200. The Hall–Kier alpha value is -1.93. The lowest BCUT2D eigenvalue weighted by atomic mass is 10.1. The minimum atomic E-state index is -4.53. The first-order valence-corrected chi connectivity index (χ1v) is 6.37. The lowest BCUT2D eigenvalue weighted by molar-refractivity contribution is 0.483. The third-order valence-electron chi connectivity index (χ3n) is 2.69. The first kappa shape index (κ1) is 12.5. The van der Waals surface area contributed by atoms with Gasteiger partial charge in [-0.25, -0.2) is 4.79 Å². The minimum absolute atomic E-state index is 0.0234. The van der Waals surface area contributed by atoms with Crippen molar-refractivity contribution in [1.82, 2.24) is 9.55 Å². The second kappa shape index (κ2) is 3.79. The van der Waals surface area contributed by atoms with Crippen LogP contribution < -0.4 is 11.2 Å². The fourth-order valence-corrected chi connectivity index (χ4v) is 2.83. The summed E-state index contributed by atoms with van der Waals surface area (Å²) in [7, 11) is -3.21. The molecular formula is C10H10N2O5S. The van der Waals surface area contributed by atoms with Crippen LogP contribution in [-0.2, 0) is 17.2 Å².